The third kappa shape index (κ3) is 5.19. The van der Waals surface area contributed by atoms with E-state index in [1.165, 1.54) is 0 Å². The molecular formula is C12H17BrClNO. The monoisotopic (exact) mass is 305 g/mol. The van der Waals surface area contributed by atoms with Gasteiger partial charge in [-0.3, -0.25) is 0 Å². The number of hydrogen-bond donors (Lipinski definition) is 2. The van der Waals surface area contributed by atoms with Crippen LogP contribution in [0, 0.1) is 0 Å². The standard InChI is InChI=1S/C12H17BrClNO/c13-10-5-6-12(11(14)9-10)15-7-3-1-2-4-8-16/h5-6,9,15-16H,1-4,7-8H2. The van der Waals surface area contributed by atoms with E-state index in [9.17, 15) is 0 Å². The van der Waals surface area contributed by atoms with Crippen LogP contribution in [-0.2, 0) is 0 Å². The summed E-state index contributed by atoms with van der Waals surface area (Å²) < 4.78 is 0.992. The van der Waals surface area contributed by atoms with Crippen molar-refractivity contribution >= 4 is 33.2 Å². The van der Waals surface area contributed by atoms with E-state index in [1.807, 2.05) is 18.2 Å². The molecule has 4 heteroatoms. The number of nitrogens with one attached hydrogen (secondary N) is 1. The van der Waals surface area contributed by atoms with E-state index in [-0.39, 0.29) is 0 Å². The molecule has 0 aliphatic heterocycles. The summed E-state index contributed by atoms with van der Waals surface area (Å²) in [5.41, 5.74) is 0.979. The van der Waals surface area contributed by atoms with E-state index < -0.39 is 0 Å². The third-order valence-corrected chi connectivity index (χ3v) is 3.14. The first-order chi connectivity index (χ1) is 7.74. The van der Waals surface area contributed by atoms with Crippen LogP contribution in [0.5, 0.6) is 0 Å². The number of rotatable bonds is 7. The maximum atomic E-state index is 8.63. The lowest BCUT2D eigenvalue weighted by Crippen LogP contribution is -2.02. The summed E-state index contributed by atoms with van der Waals surface area (Å²) in [6, 6.07) is 5.83. The normalized spacial score (nSPS) is 10.4. The highest BCUT2D eigenvalue weighted by Crippen LogP contribution is 2.25. The fourth-order valence-corrected chi connectivity index (χ4v) is 2.19. The maximum absolute atomic E-state index is 8.63. The largest absolute Gasteiger partial charge is 0.396 e. The maximum Gasteiger partial charge on any atom is 0.0648 e. The van der Waals surface area contributed by atoms with Gasteiger partial charge in [-0.05, 0) is 31.0 Å². The minimum atomic E-state index is 0.298. The number of anilines is 1. The molecule has 0 spiro atoms. The van der Waals surface area contributed by atoms with Gasteiger partial charge in [0.05, 0.1) is 10.7 Å². The molecule has 2 nitrogen and oxygen atoms in total. The minimum absolute atomic E-state index is 0.298. The quantitative estimate of drug-likeness (QED) is 0.744. The van der Waals surface area contributed by atoms with Crippen molar-refractivity contribution in [3.8, 4) is 0 Å². The number of unbranched alkanes of at least 4 members (excludes halogenated alkanes) is 3. The van der Waals surface area contributed by atoms with Crippen molar-refractivity contribution < 1.29 is 5.11 Å². The van der Waals surface area contributed by atoms with Crippen molar-refractivity contribution in [2.45, 2.75) is 25.7 Å². The van der Waals surface area contributed by atoms with Gasteiger partial charge in [-0.15, -0.1) is 0 Å². The molecule has 2 N–H and O–H groups in total. The van der Waals surface area contributed by atoms with E-state index in [2.05, 4.69) is 21.2 Å². The van der Waals surface area contributed by atoms with Gasteiger partial charge in [-0.25, -0.2) is 0 Å². The SMILES string of the molecule is OCCCCCCNc1ccc(Br)cc1Cl. The molecule has 16 heavy (non-hydrogen) atoms. The topological polar surface area (TPSA) is 32.3 Å². The summed E-state index contributed by atoms with van der Waals surface area (Å²) in [5, 5.41) is 12.7. The van der Waals surface area contributed by atoms with Crippen LogP contribution >= 0.6 is 27.5 Å². The number of benzene rings is 1. The van der Waals surface area contributed by atoms with Gasteiger partial charge in [0.2, 0.25) is 0 Å². The first kappa shape index (κ1) is 13.8. The van der Waals surface area contributed by atoms with Crippen LogP contribution in [0.25, 0.3) is 0 Å². The van der Waals surface area contributed by atoms with Gasteiger partial charge < -0.3 is 10.4 Å². The Morgan fingerprint density at radius 3 is 2.62 bits per heavy atom. The molecule has 1 rings (SSSR count). The molecule has 0 atom stereocenters. The highest BCUT2D eigenvalue weighted by atomic mass is 79.9. The predicted octanol–water partition coefficient (Wildman–Crippen LogP) is 4.07. The molecule has 0 aromatic heterocycles. The number of aliphatic hydroxyl groups is 1. The molecule has 0 fully saturated rings. The van der Waals surface area contributed by atoms with Crippen molar-refractivity contribution in [3.05, 3.63) is 27.7 Å². The van der Waals surface area contributed by atoms with E-state index in [0.717, 1.165) is 47.4 Å². The van der Waals surface area contributed by atoms with Gasteiger partial charge in [-0.2, -0.15) is 0 Å². The Hall–Kier alpha value is -0.250. The number of hydrogen-bond acceptors (Lipinski definition) is 2. The van der Waals surface area contributed by atoms with Crippen LogP contribution in [0.4, 0.5) is 5.69 Å². The summed E-state index contributed by atoms with van der Waals surface area (Å²) >= 11 is 9.44. The zero-order valence-electron chi connectivity index (χ0n) is 9.18. The van der Waals surface area contributed by atoms with Crippen LogP contribution in [0.2, 0.25) is 5.02 Å². The van der Waals surface area contributed by atoms with E-state index >= 15 is 0 Å². The van der Waals surface area contributed by atoms with Crippen LogP contribution in [0.15, 0.2) is 22.7 Å². The molecule has 0 heterocycles. The zero-order valence-corrected chi connectivity index (χ0v) is 11.5. The Balaban J connectivity index is 2.21. The molecule has 1 aromatic rings. The minimum Gasteiger partial charge on any atom is -0.396 e. The molecule has 0 radical (unpaired) electrons. The second-order valence-corrected chi connectivity index (χ2v) is 5.01. The molecule has 0 unspecified atom stereocenters. The van der Waals surface area contributed by atoms with Gasteiger partial charge in [0.15, 0.2) is 0 Å². The lowest BCUT2D eigenvalue weighted by molar-refractivity contribution is 0.283. The smallest absolute Gasteiger partial charge is 0.0648 e. The summed E-state index contributed by atoms with van der Waals surface area (Å²) in [7, 11) is 0. The molecule has 0 saturated heterocycles. The second kappa shape index (κ2) is 7.93. The van der Waals surface area contributed by atoms with E-state index in [1.54, 1.807) is 0 Å². The summed E-state index contributed by atoms with van der Waals surface area (Å²) in [4.78, 5) is 0. The highest BCUT2D eigenvalue weighted by molar-refractivity contribution is 9.10. The molecular weight excluding hydrogens is 289 g/mol. The number of halogens is 2. The van der Waals surface area contributed by atoms with Gasteiger partial charge >= 0.3 is 0 Å². The third-order valence-electron chi connectivity index (χ3n) is 2.33. The lowest BCUT2D eigenvalue weighted by Gasteiger charge is -2.08. The second-order valence-electron chi connectivity index (χ2n) is 3.69. The average Bonchev–Trinajstić information content (AvgIpc) is 2.26. The first-order valence-electron chi connectivity index (χ1n) is 5.54. The zero-order chi connectivity index (χ0) is 11.8. The molecule has 0 bridgehead atoms. The molecule has 0 amide bonds. The Morgan fingerprint density at radius 2 is 1.94 bits per heavy atom. The first-order valence-corrected chi connectivity index (χ1v) is 6.71. The fourth-order valence-electron chi connectivity index (χ4n) is 1.45. The van der Waals surface area contributed by atoms with Gasteiger partial charge in [0.1, 0.15) is 0 Å². The Bertz CT molecular complexity index is 320. The molecule has 0 aliphatic carbocycles. The van der Waals surface area contributed by atoms with Crippen LogP contribution in [0.1, 0.15) is 25.7 Å². The van der Waals surface area contributed by atoms with Crippen molar-refractivity contribution in [2.75, 3.05) is 18.5 Å². The van der Waals surface area contributed by atoms with Gasteiger partial charge in [-0.1, -0.05) is 40.4 Å². The van der Waals surface area contributed by atoms with Crippen molar-refractivity contribution in [1.82, 2.24) is 0 Å². The van der Waals surface area contributed by atoms with Crippen molar-refractivity contribution in [2.24, 2.45) is 0 Å². The summed E-state index contributed by atoms with van der Waals surface area (Å²) in [6.07, 6.45) is 4.24. The van der Waals surface area contributed by atoms with Gasteiger partial charge in [0.25, 0.3) is 0 Å². The highest BCUT2D eigenvalue weighted by Gasteiger charge is 1.99. The van der Waals surface area contributed by atoms with Crippen molar-refractivity contribution in [1.29, 1.82) is 0 Å². The fraction of sp³-hybridized carbons (Fsp3) is 0.500. The number of aliphatic hydroxyl groups excluding tert-OH is 1. The van der Waals surface area contributed by atoms with Gasteiger partial charge in [0, 0.05) is 17.6 Å². The molecule has 90 valence electrons. The van der Waals surface area contributed by atoms with Crippen LogP contribution in [0.3, 0.4) is 0 Å². The molecule has 1 aromatic carbocycles. The van der Waals surface area contributed by atoms with E-state index in [0.29, 0.717) is 6.61 Å². The van der Waals surface area contributed by atoms with Crippen LogP contribution in [-0.4, -0.2) is 18.3 Å². The predicted molar refractivity (Wildman–Crippen MR) is 73.2 cm³/mol. The molecule has 0 aliphatic rings. The summed E-state index contributed by atoms with van der Waals surface area (Å²) in [5.74, 6) is 0. The Kier molecular flexibility index (Phi) is 6.85. The van der Waals surface area contributed by atoms with Crippen molar-refractivity contribution in [3.63, 3.8) is 0 Å². The molecule has 0 saturated carbocycles. The van der Waals surface area contributed by atoms with Crippen LogP contribution < -0.4 is 5.32 Å². The Labute approximate surface area is 110 Å². The average molecular weight is 307 g/mol. The summed E-state index contributed by atoms with van der Waals surface area (Å²) in [6.45, 7) is 1.22. The Morgan fingerprint density at radius 1 is 1.19 bits per heavy atom. The lowest BCUT2D eigenvalue weighted by atomic mass is 10.2. The van der Waals surface area contributed by atoms with E-state index in [4.69, 9.17) is 16.7 Å².